The number of rotatable bonds is 10. The van der Waals surface area contributed by atoms with Crippen LogP contribution in [0.2, 0.25) is 0 Å². The molecule has 0 bridgehead atoms. The predicted octanol–water partition coefficient (Wildman–Crippen LogP) is 6.86. The number of ketones is 1. The molecule has 3 aromatic carbocycles. The van der Waals surface area contributed by atoms with Crippen LogP contribution in [0.3, 0.4) is 0 Å². The first-order chi connectivity index (χ1) is 15.0. The topological polar surface area (TPSA) is 72.2 Å². The maximum atomic E-state index is 12.4. The number of benzene rings is 3. The van der Waals surface area contributed by atoms with E-state index in [9.17, 15) is 9.59 Å². The Bertz CT molecular complexity index is 997. The van der Waals surface area contributed by atoms with Gasteiger partial charge in [0.15, 0.2) is 5.78 Å². The predicted molar refractivity (Wildman–Crippen MR) is 131 cm³/mol. The van der Waals surface area contributed by atoms with Crippen molar-refractivity contribution in [1.29, 1.82) is 0 Å². The lowest BCUT2D eigenvalue weighted by Gasteiger charge is -2.06. The maximum Gasteiger partial charge on any atom is 0.224 e. The number of carbonyl (C=O) groups is 2. The van der Waals surface area contributed by atoms with E-state index in [1.165, 1.54) is 0 Å². The molecule has 0 fully saturated rings. The third-order valence-corrected chi connectivity index (χ3v) is 5.67. The molecule has 5 heteroatoms. The normalized spacial score (nSPS) is 10.6. The molecule has 0 saturated carbocycles. The highest BCUT2D eigenvalue weighted by Crippen LogP contribution is 2.22. The Hall–Kier alpha value is -2.92. The summed E-state index contributed by atoms with van der Waals surface area (Å²) in [5, 5.41) is 2.87. The number of anilines is 2. The van der Waals surface area contributed by atoms with Crippen LogP contribution in [0, 0.1) is 0 Å². The van der Waals surface area contributed by atoms with Gasteiger partial charge >= 0.3 is 0 Å². The van der Waals surface area contributed by atoms with Gasteiger partial charge in [0.2, 0.25) is 5.91 Å². The third-order valence-electron chi connectivity index (χ3n) is 5.14. The number of carbonyl (C=O) groups excluding carboxylic acids is 2. The van der Waals surface area contributed by atoms with Crippen molar-refractivity contribution in [3.05, 3.63) is 82.8 Å². The van der Waals surface area contributed by atoms with Crippen molar-refractivity contribution >= 4 is 39.0 Å². The Morgan fingerprint density at radius 3 is 1.87 bits per heavy atom. The summed E-state index contributed by atoms with van der Waals surface area (Å²) in [4.78, 5) is 24.4. The average molecular weight is 479 g/mol. The molecule has 0 heterocycles. The van der Waals surface area contributed by atoms with Gasteiger partial charge < -0.3 is 11.1 Å². The van der Waals surface area contributed by atoms with E-state index in [0.29, 0.717) is 18.5 Å². The van der Waals surface area contributed by atoms with Gasteiger partial charge in [-0.25, -0.2) is 0 Å². The molecule has 0 radical (unpaired) electrons. The summed E-state index contributed by atoms with van der Waals surface area (Å²) in [5.41, 5.74) is 10.1. The maximum absolute atomic E-state index is 12.4. The lowest BCUT2D eigenvalue weighted by Crippen LogP contribution is -2.11. The molecule has 0 atom stereocenters. The Morgan fingerprint density at radius 1 is 0.710 bits per heavy atom. The average Bonchev–Trinajstić information content (AvgIpc) is 2.78. The summed E-state index contributed by atoms with van der Waals surface area (Å²) in [6.45, 7) is 0. The highest BCUT2D eigenvalue weighted by molar-refractivity contribution is 9.10. The third kappa shape index (κ3) is 7.37. The largest absolute Gasteiger partial charge is 0.399 e. The quantitative estimate of drug-likeness (QED) is 0.190. The number of nitrogen functional groups attached to an aromatic ring is 1. The van der Waals surface area contributed by atoms with Gasteiger partial charge in [-0.2, -0.15) is 0 Å². The SMILES string of the molecule is Nc1ccc(NC(=O)CCCCCCC(=O)c2ccc(-c3ccc(Br)cc3)cc2)cc1. The van der Waals surface area contributed by atoms with E-state index < -0.39 is 0 Å². The van der Waals surface area contributed by atoms with Crippen LogP contribution in [0.1, 0.15) is 48.9 Å². The molecule has 31 heavy (non-hydrogen) atoms. The first kappa shape index (κ1) is 22.8. The van der Waals surface area contributed by atoms with Crippen LogP contribution < -0.4 is 11.1 Å². The van der Waals surface area contributed by atoms with E-state index >= 15 is 0 Å². The summed E-state index contributed by atoms with van der Waals surface area (Å²) >= 11 is 3.44. The Kier molecular flexibility index (Phi) is 8.42. The summed E-state index contributed by atoms with van der Waals surface area (Å²) in [5.74, 6) is 0.176. The number of unbranched alkanes of at least 4 members (excludes halogenated alkanes) is 3. The molecule has 1 amide bonds. The molecular weight excluding hydrogens is 452 g/mol. The van der Waals surface area contributed by atoms with Crippen molar-refractivity contribution in [2.45, 2.75) is 38.5 Å². The van der Waals surface area contributed by atoms with Gasteiger partial charge in [-0.05, 0) is 60.4 Å². The monoisotopic (exact) mass is 478 g/mol. The van der Waals surface area contributed by atoms with Gasteiger partial charge in [0, 0.05) is 34.3 Å². The smallest absolute Gasteiger partial charge is 0.224 e. The highest BCUT2D eigenvalue weighted by Gasteiger charge is 2.07. The molecule has 0 aliphatic heterocycles. The minimum Gasteiger partial charge on any atom is -0.399 e. The second kappa shape index (κ2) is 11.5. The zero-order valence-corrected chi connectivity index (χ0v) is 19.0. The van der Waals surface area contributed by atoms with E-state index in [4.69, 9.17) is 5.73 Å². The van der Waals surface area contributed by atoms with Crippen molar-refractivity contribution in [2.24, 2.45) is 0 Å². The van der Waals surface area contributed by atoms with E-state index in [1.54, 1.807) is 24.3 Å². The Morgan fingerprint density at radius 2 is 1.26 bits per heavy atom. The number of hydrogen-bond donors (Lipinski definition) is 2. The summed E-state index contributed by atoms with van der Waals surface area (Å²) in [6, 6.07) is 23.0. The van der Waals surface area contributed by atoms with Crippen molar-refractivity contribution in [2.75, 3.05) is 11.1 Å². The fourth-order valence-corrected chi connectivity index (χ4v) is 3.61. The van der Waals surface area contributed by atoms with Gasteiger partial charge in [0.1, 0.15) is 0 Å². The number of hydrogen-bond acceptors (Lipinski definition) is 3. The van der Waals surface area contributed by atoms with Crippen LogP contribution >= 0.6 is 15.9 Å². The summed E-state index contributed by atoms with van der Waals surface area (Å²) < 4.78 is 1.05. The lowest BCUT2D eigenvalue weighted by molar-refractivity contribution is -0.116. The Labute approximate surface area is 192 Å². The van der Waals surface area contributed by atoms with Gasteiger partial charge in [0.25, 0.3) is 0 Å². The zero-order chi connectivity index (χ0) is 22.1. The van der Waals surface area contributed by atoms with Crippen LogP contribution in [-0.2, 0) is 4.79 Å². The lowest BCUT2D eigenvalue weighted by atomic mass is 10.00. The first-order valence-electron chi connectivity index (χ1n) is 10.6. The van der Waals surface area contributed by atoms with Crippen molar-refractivity contribution < 1.29 is 9.59 Å². The van der Waals surface area contributed by atoms with Gasteiger partial charge in [-0.15, -0.1) is 0 Å². The number of Topliss-reactive ketones (excluding diaryl/α,β-unsaturated/α-hetero) is 1. The first-order valence-corrected chi connectivity index (χ1v) is 11.4. The number of amides is 1. The summed E-state index contributed by atoms with van der Waals surface area (Å²) in [7, 11) is 0. The van der Waals surface area contributed by atoms with E-state index in [0.717, 1.165) is 52.5 Å². The van der Waals surface area contributed by atoms with Crippen LogP contribution in [0.25, 0.3) is 11.1 Å². The van der Waals surface area contributed by atoms with Crippen LogP contribution in [0.4, 0.5) is 11.4 Å². The number of halogens is 1. The van der Waals surface area contributed by atoms with Crippen LogP contribution in [0.15, 0.2) is 77.3 Å². The Balaban J connectivity index is 1.33. The molecule has 3 rings (SSSR count). The minimum absolute atomic E-state index is 0.00621. The molecule has 0 aliphatic carbocycles. The van der Waals surface area contributed by atoms with Gasteiger partial charge in [-0.3, -0.25) is 9.59 Å². The van der Waals surface area contributed by atoms with E-state index in [1.807, 2.05) is 36.4 Å². The summed E-state index contributed by atoms with van der Waals surface area (Å²) in [6.07, 6.45) is 4.55. The molecule has 0 aromatic heterocycles. The van der Waals surface area contributed by atoms with Crippen molar-refractivity contribution in [3.63, 3.8) is 0 Å². The van der Waals surface area contributed by atoms with Gasteiger partial charge in [-0.1, -0.05) is 65.2 Å². The second-order valence-electron chi connectivity index (χ2n) is 7.59. The highest BCUT2D eigenvalue weighted by atomic mass is 79.9. The molecule has 3 N–H and O–H groups in total. The standard InChI is InChI=1S/C26H27BrN2O2/c27-22-13-11-20(12-14-22)19-7-9-21(10-8-19)25(30)5-3-1-2-4-6-26(31)29-24-17-15-23(28)16-18-24/h7-18H,1-6,28H2,(H,29,31). The van der Waals surface area contributed by atoms with Crippen LogP contribution in [0.5, 0.6) is 0 Å². The molecule has 0 unspecified atom stereocenters. The molecular formula is C26H27BrN2O2. The van der Waals surface area contributed by atoms with Crippen molar-refractivity contribution in [3.8, 4) is 11.1 Å². The van der Waals surface area contributed by atoms with Crippen LogP contribution in [-0.4, -0.2) is 11.7 Å². The fourth-order valence-electron chi connectivity index (χ4n) is 3.35. The molecule has 0 saturated heterocycles. The second-order valence-corrected chi connectivity index (χ2v) is 8.51. The number of nitrogens with one attached hydrogen (secondary N) is 1. The minimum atomic E-state index is 0.00621. The molecule has 0 aliphatic rings. The molecule has 3 aromatic rings. The van der Waals surface area contributed by atoms with Gasteiger partial charge in [0.05, 0.1) is 0 Å². The molecule has 0 spiro atoms. The fraction of sp³-hybridized carbons (Fsp3) is 0.231. The number of nitrogens with two attached hydrogens (primary N) is 1. The zero-order valence-electron chi connectivity index (χ0n) is 17.4. The van der Waals surface area contributed by atoms with E-state index in [-0.39, 0.29) is 11.7 Å². The molecule has 4 nitrogen and oxygen atoms in total. The molecule has 160 valence electrons. The van der Waals surface area contributed by atoms with E-state index in [2.05, 4.69) is 33.4 Å². The van der Waals surface area contributed by atoms with Crippen molar-refractivity contribution in [1.82, 2.24) is 0 Å².